The van der Waals surface area contributed by atoms with Crippen LogP contribution in [0.15, 0.2) is 41.4 Å². The molecule has 0 amide bonds. The van der Waals surface area contributed by atoms with E-state index in [-0.39, 0.29) is 0 Å². The molecule has 1 heterocycles. The molecule has 0 unspecified atom stereocenters. The number of unbranched alkanes of at least 4 members (excludes halogenated alkanes) is 1. The lowest BCUT2D eigenvalue weighted by Gasteiger charge is -2.13. The van der Waals surface area contributed by atoms with Gasteiger partial charge in [-0.25, -0.2) is 0 Å². The first-order valence-corrected chi connectivity index (χ1v) is 9.33. The normalized spacial score (nSPS) is 11.5. The Hall–Kier alpha value is -2.20. The zero-order valence-corrected chi connectivity index (χ0v) is 16.9. The van der Waals surface area contributed by atoms with Crippen molar-refractivity contribution >= 4 is 28.8 Å². The van der Waals surface area contributed by atoms with E-state index in [1.165, 1.54) is 16.7 Å². The Morgan fingerprint density at radius 3 is 2.77 bits per heavy atom. The SMILES string of the molecule is C=C(NCC/C(=C/CCC)c1cc(Cl)ccc1C)c1cc(N(C)C)on1. The van der Waals surface area contributed by atoms with Crippen molar-refractivity contribution in [3.05, 3.63) is 58.8 Å². The zero-order chi connectivity index (χ0) is 19.1. The maximum Gasteiger partial charge on any atom is 0.227 e. The van der Waals surface area contributed by atoms with E-state index in [0.29, 0.717) is 5.88 Å². The predicted molar refractivity (Wildman–Crippen MR) is 112 cm³/mol. The van der Waals surface area contributed by atoms with E-state index in [4.69, 9.17) is 16.1 Å². The van der Waals surface area contributed by atoms with Gasteiger partial charge in [0.1, 0.15) is 5.69 Å². The summed E-state index contributed by atoms with van der Waals surface area (Å²) >= 11 is 6.21. The number of aryl methyl sites for hydroxylation is 1. The van der Waals surface area contributed by atoms with Gasteiger partial charge in [0.25, 0.3) is 0 Å². The van der Waals surface area contributed by atoms with Gasteiger partial charge in [-0.05, 0) is 48.6 Å². The molecule has 0 aliphatic heterocycles. The van der Waals surface area contributed by atoms with Crippen molar-refractivity contribution in [3.8, 4) is 0 Å². The molecule has 0 spiro atoms. The fourth-order valence-electron chi connectivity index (χ4n) is 2.66. The quantitative estimate of drug-likeness (QED) is 0.626. The molecule has 0 bridgehead atoms. The number of hydrogen-bond acceptors (Lipinski definition) is 4. The summed E-state index contributed by atoms with van der Waals surface area (Å²) in [5.41, 5.74) is 5.25. The highest BCUT2D eigenvalue weighted by Crippen LogP contribution is 2.26. The molecule has 2 aromatic rings. The van der Waals surface area contributed by atoms with E-state index in [1.807, 2.05) is 37.2 Å². The molecule has 140 valence electrons. The van der Waals surface area contributed by atoms with Crippen LogP contribution in [0.1, 0.15) is 43.0 Å². The molecule has 0 fully saturated rings. The smallest absolute Gasteiger partial charge is 0.227 e. The molecule has 0 aliphatic rings. The molecule has 1 aromatic carbocycles. The molecule has 4 nitrogen and oxygen atoms in total. The lowest BCUT2D eigenvalue weighted by Crippen LogP contribution is -2.14. The van der Waals surface area contributed by atoms with Gasteiger partial charge in [-0.2, -0.15) is 0 Å². The Morgan fingerprint density at radius 2 is 2.12 bits per heavy atom. The molecule has 0 saturated carbocycles. The van der Waals surface area contributed by atoms with Crippen LogP contribution in [0, 0.1) is 6.92 Å². The van der Waals surface area contributed by atoms with Gasteiger partial charge in [0.05, 0.1) is 5.70 Å². The highest BCUT2D eigenvalue weighted by molar-refractivity contribution is 6.30. The molecule has 2 rings (SSSR count). The zero-order valence-electron chi connectivity index (χ0n) is 16.1. The summed E-state index contributed by atoms with van der Waals surface area (Å²) in [6.45, 7) is 9.14. The van der Waals surface area contributed by atoms with Crippen LogP contribution < -0.4 is 10.2 Å². The minimum atomic E-state index is 0.709. The summed E-state index contributed by atoms with van der Waals surface area (Å²) in [5, 5.41) is 8.18. The monoisotopic (exact) mass is 373 g/mol. The van der Waals surface area contributed by atoms with Crippen LogP contribution >= 0.6 is 11.6 Å². The lowest BCUT2D eigenvalue weighted by atomic mass is 9.96. The van der Waals surface area contributed by atoms with Gasteiger partial charge in [-0.1, -0.05) is 48.8 Å². The van der Waals surface area contributed by atoms with Gasteiger partial charge in [-0.15, -0.1) is 0 Å². The van der Waals surface area contributed by atoms with Gasteiger partial charge in [0.2, 0.25) is 5.88 Å². The minimum absolute atomic E-state index is 0.709. The summed E-state index contributed by atoms with van der Waals surface area (Å²) in [5.74, 6) is 0.709. The van der Waals surface area contributed by atoms with Gasteiger partial charge < -0.3 is 14.7 Å². The largest absolute Gasteiger partial charge is 0.383 e. The second-order valence-corrected chi connectivity index (χ2v) is 7.01. The first-order chi connectivity index (χ1) is 12.4. The number of nitrogens with one attached hydrogen (secondary N) is 1. The fourth-order valence-corrected chi connectivity index (χ4v) is 2.83. The maximum atomic E-state index is 6.21. The van der Waals surface area contributed by atoms with Crippen molar-refractivity contribution in [3.63, 3.8) is 0 Å². The predicted octanol–water partition coefficient (Wildman–Crippen LogP) is 5.54. The molecule has 1 N–H and O–H groups in total. The summed E-state index contributed by atoms with van der Waals surface area (Å²) in [6, 6.07) is 7.94. The second kappa shape index (κ2) is 9.48. The Balaban J connectivity index is 2.03. The molecule has 5 heteroatoms. The van der Waals surface area contributed by atoms with Crippen molar-refractivity contribution in [1.82, 2.24) is 10.5 Å². The topological polar surface area (TPSA) is 41.3 Å². The Labute approximate surface area is 161 Å². The lowest BCUT2D eigenvalue weighted by molar-refractivity contribution is 0.421. The molecular weight excluding hydrogens is 346 g/mol. The number of halogens is 1. The molecule has 0 saturated heterocycles. The number of nitrogens with zero attached hydrogens (tertiary/aromatic N) is 2. The Morgan fingerprint density at radius 1 is 1.35 bits per heavy atom. The average molecular weight is 374 g/mol. The van der Waals surface area contributed by atoms with Gasteiger partial charge in [0.15, 0.2) is 0 Å². The average Bonchev–Trinajstić information content (AvgIpc) is 3.10. The number of hydrogen-bond donors (Lipinski definition) is 1. The maximum absolute atomic E-state index is 6.21. The molecule has 26 heavy (non-hydrogen) atoms. The van der Waals surface area contributed by atoms with E-state index in [2.05, 4.69) is 43.0 Å². The van der Waals surface area contributed by atoms with E-state index in [1.54, 1.807) is 0 Å². The van der Waals surface area contributed by atoms with Crippen LogP contribution in [0.25, 0.3) is 11.3 Å². The molecule has 0 atom stereocenters. The number of allylic oxidation sites excluding steroid dienone is 1. The summed E-state index contributed by atoms with van der Waals surface area (Å²) in [7, 11) is 3.83. The molecule has 0 radical (unpaired) electrons. The summed E-state index contributed by atoms with van der Waals surface area (Å²) < 4.78 is 5.28. The van der Waals surface area contributed by atoms with Crippen molar-refractivity contribution in [2.45, 2.75) is 33.1 Å². The standard InChI is InChI=1S/C21H28ClN3O/c1-6-7-8-17(19-13-18(22)10-9-15(19)2)11-12-23-16(3)20-14-21(25(4)5)26-24-20/h8-10,13-14,23H,3,6-7,11-12H2,1-2,4-5H3/b17-8-. The number of benzene rings is 1. The van der Waals surface area contributed by atoms with Crippen molar-refractivity contribution in [2.75, 3.05) is 25.5 Å². The third-order valence-electron chi connectivity index (χ3n) is 4.21. The van der Waals surface area contributed by atoms with E-state index in [0.717, 1.165) is 42.2 Å². The first kappa shape index (κ1) is 20.1. The highest BCUT2D eigenvalue weighted by Gasteiger charge is 2.10. The van der Waals surface area contributed by atoms with Crippen LogP contribution in [-0.4, -0.2) is 25.8 Å². The van der Waals surface area contributed by atoms with E-state index < -0.39 is 0 Å². The summed E-state index contributed by atoms with van der Waals surface area (Å²) in [4.78, 5) is 1.87. The van der Waals surface area contributed by atoms with Crippen LogP contribution in [-0.2, 0) is 0 Å². The molecule has 0 aliphatic carbocycles. The fraction of sp³-hybridized carbons (Fsp3) is 0.381. The Bertz CT molecular complexity index is 777. The van der Waals surface area contributed by atoms with Crippen LogP contribution in [0.5, 0.6) is 0 Å². The number of aromatic nitrogens is 1. The Kier molecular flexibility index (Phi) is 7.34. The van der Waals surface area contributed by atoms with E-state index >= 15 is 0 Å². The van der Waals surface area contributed by atoms with Crippen molar-refractivity contribution in [2.24, 2.45) is 0 Å². The van der Waals surface area contributed by atoms with Gasteiger partial charge in [0, 0.05) is 31.7 Å². The third-order valence-corrected chi connectivity index (χ3v) is 4.44. The van der Waals surface area contributed by atoms with Crippen molar-refractivity contribution < 1.29 is 4.52 Å². The number of anilines is 1. The first-order valence-electron chi connectivity index (χ1n) is 8.95. The van der Waals surface area contributed by atoms with Crippen molar-refractivity contribution in [1.29, 1.82) is 0 Å². The van der Waals surface area contributed by atoms with Gasteiger partial charge in [-0.3, -0.25) is 0 Å². The highest BCUT2D eigenvalue weighted by atomic mass is 35.5. The van der Waals surface area contributed by atoms with Crippen LogP contribution in [0.2, 0.25) is 5.02 Å². The molecular formula is C21H28ClN3O. The molecule has 1 aromatic heterocycles. The van der Waals surface area contributed by atoms with Crippen LogP contribution in [0.3, 0.4) is 0 Å². The second-order valence-electron chi connectivity index (χ2n) is 6.58. The van der Waals surface area contributed by atoms with E-state index in [9.17, 15) is 0 Å². The summed E-state index contributed by atoms with van der Waals surface area (Å²) in [6.07, 6.45) is 5.37. The van der Waals surface area contributed by atoms with Crippen LogP contribution in [0.4, 0.5) is 5.88 Å². The third kappa shape index (κ3) is 5.40. The number of rotatable bonds is 9. The minimum Gasteiger partial charge on any atom is -0.383 e. The van der Waals surface area contributed by atoms with Gasteiger partial charge >= 0.3 is 0 Å².